The average molecular weight is 334 g/mol. The van der Waals surface area contributed by atoms with Crippen LogP contribution in [0.4, 0.5) is 4.39 Å². The van der Waals surface area contributed by atoms with Gasteiger partial charge in [-0.25, -0.2) is 4.39 Å². The predicted molar refractivity (Wildman–Crippen MR) is 81.2 cm³/mol. The molecule has 0 aliphatic rings. The molecule has 20 heavy (non-hydrogen) atoms. The average Bonchev–Trinajstić information content (AvgIpc) is 2.40. The van der Waals surface area contributed by atoms with Crippen LogP contribution in [0.5, 0.6) is 0 Å². The normalized spacial score (nSPS) is 12.4. The highest BCUT2D eigenvalue weighted by Gasteiger charge is 2.21. The summed E-state index contributed by atoms with van der Waals surface area (Å²) >= 11 is 18.2. The number of aromatic nitrogens is 1. The predicted octanol–water partition coefficient (Wildman–Crippen LogP) is 4.88. The number of nitrogens with zero attached hydrogens (tertiary/aromatic N) is 1. The summed E-state index contributed by atoms with van der Waals surface area (Å²) in [5, 5.41) is 4.50. The van der Waals surface area contributed by atoms with Crippen molar-refractivity contribution in [3.63, 3.8) is 0 Å². The zero-order chi connectivity index (χ0) is 14.7. The summed E-state index contributed by atoms with van der Waals surface area (Å²) in [6.45, 7) is 2.59. The highest BCUT2D eigenvalue weighted by Crippen LogP contribution is 2.32. The molecule has 0 spiro atoms. The van der Waals surface area contributed by atoms with E-state index in [0.717, 1.165) is 0 Å². The van der Waals surface area contributed by atoms with Gasteiger partial charge in [0.15, 0.2) is 0 Å². The molecule has 6 heteroatoms. The molecule has 106 valence electrons. The first-order chi connectivity index (χ1) is 9.52. The van der Waals surface area contributed by atoms with Crippen molar-refractivity contribution >= 4 is 34.8 Å². The molecule has 0 fully saturated rings. The van der Waals surface area contributed by atoms with Crippen molar-refractivity contribution in [2.24, 2.45) is 0 Å². The monoisotopic (exact) mass is 332 g/mol. The Labute approximate surface area is 131 Å². The van der Waals surface area contributed by atoms with Crippen molar-refractivity contribution in [2.75, 3.05) is 6.54 Å². The lowest BCUT2D eigenvalue weighted by Crippen LogP contribution is -2.23. The van der Waals surface area contributed by atoms with Crippen LogP contribution in [0.2, 0.25) is 15.1 Å². The van der Waals surface area contributed by atoms with Crippen molar-refractivity contribution in [3.8, 4) is 0 Å². The SMILES string of the molecule is CCNC(c1cc(F)ccc1Cl)c1ncc(Cl)cc1Cl. The molecule has 0 amide bonds. The van der Waals surface area contributed by atoms with Gasteiger partial charge in [0.1, 0.15) is 5.82 Å². The van der Waals surface area contributed by atoms with Crippen molar-refractivity contribution in [1.29, 1.82) is 0 Å². The van der Waals surface area contributed by atoms with Gasteiger partial charge in [0, 0.05) is 11.2 Å². The smallest absolute Gasteiger partial charge is 0.123 e. The lowest BCUT2D eigenvalue weighted by molar-refractivity contribution is 0.595. The number of pyridine rings is 1. The minimum atomic E-state index is -0.395. The maximum Gasteiger partial charge on any atom is 0.123 e. The molecule has 0 aliphatic carbocycles. The molecule has 0 saturated carbocycles. The lowest BCUT2D eigenvalue weighted by Gasteiger charge is -2.20. The Kier molecular flexibility index (Phi) is 5.22. The Bertz CT molecular complexity index is 619. The number of benzene rings is 1. The molecule has 0 saturated heterocycles. The van der Waals surface area contributed by atoms with Crippen LogP contribution in [-0.2, 0) is 0 Å². The van der Waals surface area contributed by atoms with Crippen molar-refractivity contribution < 1.29 is 4.39 Å². The molecule has 1 heterocycles. The zero-order valence-electron chi connectivity index (χ0n) is 10.6. The van der Waals surface area contributed by atoms with Gasteiger partial charge in [0.2, 0.25) is 0 Å². The van der Waals surface area contributed by atoms with E-state index in [1.54, 1.807) is 6.07 Å². The molecule has 0 bridgehead atoms. The first-order valence-corrected chi connectivity index (χ1v) is 7.15. The van der Waals surface area contributed by atoms with E-state index in [1.807, 2.05) is 6.92 Å². The van der Waals surface area contributed by atoms with Crippen molar-refractivity contribution in [2.45, 2.75) is 13.0 Å². The van der Waals surface area contributed by atoms with Gasteiger partial charge >= 0.3 is 0 Å². The van der Waals surface area contributed by atoms with Gasteiger partial charge in [-0.2, -0.15) is 0 Å². The topological polar surface area (TPSA) is 24.9 Å². The van der Waals surface area contributed by atoms with E-state index in [-0.39, 0.29) is 5.82 Å². The number of hydrogen-bond acceptors (Lipinski definition) is 2. The van der Waals surface area contributed by atoms with Crippen LogP contribution < -0.4 is 5.32 Å². The molecule has 1 N–H and O–H groups in total. The summed E-state index contributed by atoms with van der Waals surface area (Å²) < 4.78 is 13.5. The second-order valence-electron chi connectivity index (χ2n) is 4.18. The van der Waals surface area contributed by atoms with Gasteiger partial charge in [0.25, 0.3) is 0 Å². The Hall–Kier alpha value is -0.870. The summed E-state index contributed by atoms with van der Waals surface area (Å²) in [5.41, 5.74) is 1.15. The van der Waals surface area contributed by atoms with Crippen molar-refractivity contribution in [1.82, 2.24) is 10.3 Å². The summed E-state index contributed by atoms with van der Waals surface area (Å²) in [7, 11) is 0. The molecule has 0 aliphatic heterocycles. The third kappa shape index (κ3) is 3.41. The van der Waals surface area contributed by atoms with Gasteiger partial charge in [-0.05, 0) is 36.4 Å². The van der Waals surface area contributed by atoms with Crippen molar-refractivity contribution in [3.05, 3.63) is 62.6 Å². The molecule has 2 rings (SSSR count). The third-order valence-corrected chi connectivity index (χ3v) is 3.64. The van der Waals surface area contributed by atoms with E-state index >= 15 is 0 Å². The van der Waals surface area contributed by atoms with Crippen LogP contribution >= 0.6 is 34.8 Å². The van der Waals surface area contributed by atoms with Gasteiger partial charge < -0.3 is 5.32 Å². The Balaban J connectivity index is 2.53. The van der Waals surface area contributed by atoms with E-state index in [1.165, 1.54) is 24.4 Å². The summed E-state index contributed by atoms with van der Waals surface area (Å²) in [5.74, 6) is -0.364. The van der Waals surface area contributed by atoms with Gasteiger partial charge in [-0.3, -0.25) is 4.98 Å². The molecular weight excluding hydrogens is 322 g/mol. The fraction of sp³-hybridized carbons (Fsp3) is 0.214. The second-order valence-corrected chi connectivity index (χ2v) is 5.43. The van der Waals surface area contributed by atoms with E-state index in [9.17, 15) is 4.39 Å². The molecule has 2 aromatic rings. The standard InChI is InChI=1S/C14H12Cl3FN2/c1-2-19-13(10-6-9(18)3-4-11(10)16)14-12(17)5-8(15)7-20-14/h3-7,13,19H,2H2,1H3. The summed E-state index contributed by atoms with van der Waals surface area (Å²) in [6, 6.07) is 5.41. The lowest BCUT2D eigenvalue weighted by atomic mass is 10.0. The summed E-state index contributed by atoms with van der Waals surface area (Å²) in [6.07, 6.45) is 1.50. The minimum Gasteiger partial charge on any atom is -0.305 e. The maximum atomic E-state index is 13.5. The van der Waals surface area contributed by atoms with Crippen LogP contribution in [0.15, 0.2) is 30.5 Å². The number of hydrogen-bond donors (Lipinski definition) is 1. The maximum absolute atomic E-state index is 13.5. The Morgan fingerprint density at radius 1 is 1.20 bits per heavy atom. The minimum absolute atomic E-state index is 0.364. The number of nitrogens with one attached hydrogen (secondary N) is 1. The fourth-order valence-electron chi connectivity index (χ4n) is 1.93. The first kappa shape index (κ1) is 15.5. The van der Waals surface area contributed by atoms with E-state index in [2.05, 4.69) is 10.3 Å². The van der Waals surface area contributed by atoms with Crippen LogP contribution in [0.1, 0.15) is 24.2 Å². The molecule has 1 aromatic heterocycles. The largest absolute Gasteiger partial charge is 0.305 e. The summed E-state index contributed by atoms with van der Waals surface area (Å²) in [4.78, 5) is 4.24. The molecule has 1 unspecified atom stereocenters. The number of halogens is 4. The Morgan fingerprint density at radius 2 is 1.95 bits per heavy atom. The molecule has 1 aromatic carbocycles. The molecule has 0 radical (unpaired) electrons. The van der Waals surface area contributed by atoms with E-state index in [4.69, 9.17) is 34.8 Å². The first-order valence-electron chi connectivity index (χ1n) is 6.02. The highest BCUT2D eigenvalue weighted by molar-refractivity contribution is 6.35. The van der Waals surface area contributed by atoms with Crippen LogP contribution in [0, 0.1) is 5.82 Å². The van der Waals surface area contributed by atoms with Gasteiger partial charge in [-0.1, -0.05) is 41.7 Å². The van der Waals surface area contributed by atoms with Crippen LogP contribution in [-0.4, -0.2) is 11.5 Å². The van der Waals surface area contributed by atoms with Crippen LogP contribution in [0.25, 0.3) is 0 Å². The fourth-order valence-corrected chi connectivity index (χ4v) is 2.65. The third-order valence-electron chi connectivity index (χ3n) is 2.79. The van der Waals surface area contributed by atoms with Crippen LogP contribution in [0.3, 0.4) is 0 Å². The molecular formula is C14H12Cl3FN2. The highest BCUT2D eigenvalue weighted by atomic mass is 35.5. The van der Waals surface area contributed by atoms with E-state index in [0.29, 0.717) is 32.9 Å². The Morgan fingerprint density at radius 3 is 2.60 bits per heavy atom. The second kappa shape index (κ2) is 6.72. The quantitative estimate of drug-likeness (QED) is 0.862. The van der Waals surface area contributed by atoms with E-state index < -0.39 is 6.04 Å². The molecule has 2 nitrogen and oxygen atoms in total. The number of rotatable bonds is 4. The van der Waals surface area contributed by atoms with Gasteiger partial charge in [-0.15, -0.1) is 0 Å². The zero-order valence-corrected chi connectivity index (χ0v) is 12.9. The van der Waals surface area contributed by atoms with Gasteiger partial charge in [0.05, 0.1) is 21.8 Å². The molecule has 1 atom stereocenters.